The van der Waals surface area contributed by atoms with Crippen molar-refractivity contribution < 1.29 is 0 Å². The lowest BCUT2D eigenvalue weighted by Crippen LogP contribution is -2.30. The Labute approximate surface area is 291 Å². The van der Waals surface area contributed by atoms with Gasteiger partial charge in [-0.05, 0) is 76.4 Å². The van der Waals surface area contributed by atoms with Crippen LogP contribution in [0, 0.1) is 5.92 Å². The SMILES string of the molecule is CC1C(C)(C)c2ccc(-n3c4ccccc4c4cc5c6ccccc6n(-c6nc(-c7ccccc7)nc7ccccc67)c5cc43)cc2C1(C)C. The fourth-order valence-corrected chi connectivity index (χ4v) is 9.02. The van der Waals surface area contributed by atoms with Crippen LogP contribution in [-0.4, -0.2) is 19.1 Å². The molecule has 0 saturated carbocycles. The van der Waals surface area contributed by atoms with Gasteiger partial charge in [0.15, 0.2) is 5.82 Å². The molecule has 0 radical (unpaired) electrons. The topological polar surface area (TPSA) is 35.6 Å². The van der Waals surface area contributed by atoms with Gasteiger partial charge in [0.2, 0.25) is 0 Å². The molecular formula is C46H38N4. The molecule has 4 nitrogen and oxygen atoms in total. The molecule has 0 saturated heterocycles. The second-order valence-electron chi connectivity index (χ2n) is 15.2. The van der Waals surface area contributed by atoms with Crippen LogP contribution >= 0.6 is 0 Å². The van der Waals surface area contributed by atoms with E-state index in [2.05, 4.69) is 159 Å². The van der Waals surface area contributed by atoms with E-state index in [9.17, 15) is 0 Å². The molecule has 0 fully saturated rings. The van der Waals surface area contributed by atoms with Gasteiger partial charge in [-0.2, -0.15) is 0 Å². The Hall–Kier alpha value is -5.74. The molecule has 1 aliphatic carbocycles. The second kappa shape index (κ2) is 10.1. The van der Waals surface area contributed by atoms with Gasteiger partial charge in [0, 0.05) is 38.2 Å². The monoisotopic (exact) mass is 646 g/mol. The predicted molar refractivity (Wildman–Crippen MR) is 209 cm³/mol. The smallest absolute Gasteiger partial charge is 0.162 e. The van der Waals surface area contributed by atoms with E-state index in [-0.39, 0.29) is 10.8 Å². The van der Waals surface area contributed by atoms with Gasteiger partial charge in [0.1, 0.15) is 5.82 Å². The maximum atomic E-state index is 5.34. The molecule has 50 heavy (non-hydrogen) atoms. The molecule has 9 aromatic rings. The molecule has 0 amide bonds. The van der Waals surface area contributed by atoms with Crippen molar-refractivity contribution in [3.63, 3.8) is 0 Å². The summed E-state index contributed by atoms with van der Waals surface area (Å²) in [6.07, 6.45) is 0. The Morgan fingerprint density at radius 3 is 1.78 bits per heavy atom. The van der Waals surface area contributed by atoms with Crippen molar-refractivity contribution in [2.24, 2.45) is 5.92 Å². The van der Waals surface area contributed by atoms with Crippen LogP contribution in [-0.2, 0) is 10.8 Å². The summed E-state index contributed by atoms with van der Waals surface area (Å²) >= 11 is 0. The molecule has 0 bridgehead atoms. The minimum Gasteiger partial charge on any atom is -0.309 e. The Morgan fingerprint density at radius 1 is 0.480 bits per heavy atom. The van der Waals surface area contributed by atoms with Crippen LogP contribution in [0.1, 0.15) is 45.7 Å². The third-order valence-corrected chi connectivity index (χ3v) is 12.1. The predicted octanol–water partition coefficient (Wildman–Crippen LogP) is 11.7. The van der Waals surface area contributed by atoms with Crippen LogP contribution in [0.4, 0.5) is 0 Å². The number of hydrogen-bond donors (Lipinski definition) is 0. The van der Waals surface area contributed by atoms with Gasteiger partial charge in [-0.3, -0.25) is 4.57 Å². The van der Waals surface area contributed by atoms with Crippen LogP contribution < -0.4 is 0 Å². The quantitative estimate of drug-likeness (QED) is 0.191. The fraction of sp³-hybridized carbons (Fsp3) is 0.174. The zero-order valence-electron chi connectivity index (χ0n) is 29.1. The molecule has 6 aromatic carbocycles. The van der Waals surface area contributed by atoms with Crippen molar-refractivity contribution in [2.75, 3.05) is 0 Å². The fourth-order valence-electron chi connectivity index (χ4n) is 9.02. The summed E-state index contributed by atoms with van der Waals surface area (Å²) in [5, 5.41) is 5.95. The highest BCUT2D eigenvalue weighted by Crippen LogP contribution is 2.54. The van der Waals surface area contributed by atoms with Gasteiger partial charge in [0.05, 0.1) is 27.6 Å². The maximum absolute atomic E-state index is 5.34. The number of rotatable bonds is 3. The van der Waals surface area contributed by atoms with Crippen molar-refractivity contribution in [3.8, 4) is 22.9 Å². The highest BCUT2D eigenvalue weighted by Gasteiger charge is 2.48. The summed E-state index contributed by atoms with van der Waals surface area (Å²) in [6, 6.07) is 48.3. The summed E-state index contributed by atoms with van der Waals surface area (Å²) in [4.78, 5) is 10.4. The number of benzene rings is 6. The van der Waals surface area contributed by atoms with E-state index in [0.717, 1.165) is 39.1 Å². The number of fused-ring (bicyclic) bond motifs is 8. The number of para-hydroxylation sites is 3. The van der Waals surface area contributed by atoms with Crippen molar-refractivity contribution >= 4 is 54.5 Å². The summed E-state index contributed by atoms with van der Waals surface area (Å²) in [5.74, 6) is 2.13. The zero-order valence-corrected chi connectivity index (χ0v) is 29.1. The van der Waals surface area contributed by atoms with E-state index in [1.165, 1.54) is 49.4 Å². The van der Waals surface area contributed by atoms with Crippen LogP contribution in [0.5, 0.6) is 0 Å². The number of hydrogen-bond acceptors (Lipinski definition) is 2. The molecule has 10 rings (SSSR count). The molecule has 4 heteroatoms. The Balaban J connectivity index is 1.32. The minimum atomic E-state index is 0.0673. The summed E-state index contributed by atoms with van der Waals surface area (Å²) in [5.41, 5.74) is 10.9. The molecule has 3 aromatic heterocycles. The first kappa shape index (κ1) is 29.2. The lowest BCUT2D eigenvalue weighted by atomic mass is 9.71. The molecule has 3 heterocycles. The minimum absolute atomic E-state index is 0.0673. The molecule has 0 spiro atoms. The first-order valence-electron chi connectivity index (χ1n) is 17.7. The highest BCUT2D eigenvalue weighted by molar-refractivity contribution is 6.19. The van der Waals surface area contributed by atoms with Crippen LogP contribution in [0.15, 0.2) is 133 Å². The molecule has 0 N–H and O–H groups in total. The molecule has 0 aliphatic heterocycles. The van der Waals surface area contributed by atoms with Gasteiger partial charge in [0.25, 0.3) is 0 Å². The van der Waals surface area contributed by atoms with E-state index >= 15 is 0 Å². The average molecular weight is 647 g/mol. The molecule has 242 valence electrons. The largest absolute Gasteiger partial charge is 0.309 e. The Bertz CT molecular complexity index is 2830. The molecule has 1 unspecified atom stereocenters. The van der Waals surface area contributed by atoms with Gasteiger partial charge in [-0.1, -0.05) is 120 Å². The number of nitrogens with zero attached hydrogens (tertiary/aromatic N) is 4. The van der Waals surface area contributed by atoms with E-state index in [0.29, 0.717) is 5.92 Å². The van der Waals surface area contributed by atoms with Gasteiger partial charge in [-0.15, -0.1) is 0 Å². The van der Waals surface area contributed by atoms with Crippen molar-refractivity contribution in [3.05, 3.63) is 145 Å². The van der Waals surface area contributed by atoms with Crippen LogP contribution in [0.2, 0.25) is 0 Å². The van der Waals surface area contributed by atoms with Gasteiger partial charge < -0.3 is 4.57 Å². The first-order valence-corrected chi connectivity index (χ1v) is 17.7. The third-order valence-electron chi connectivity index (χ3n) is 12.1. The second-order valence-corrected chi connectivity index (χ2v) is 15.2. The third kappa shape index (κ3) is 3.87. The van der Waals surface area contributed by atoms with Crippen LogP contribution in [0.25, 0.3) is 77.4 Å². The summed E-state index contributed by atoms with van der Waals surface area (Å²) < 4.78 is 4.84. The van der Waals surface area contributed by atoms with Crippen LogP contribution in [0.3, 0.4) is 0 Å². The summed E-state index contributed by atoms with van der Waals surface area (Å²) in [7, 11) is 0. The molecular weight excluding hydrogens is 609 g/mol. The lowest BCUT2D eigenvalue weighted by Gasteiger charge is -2.32. The Morgan fingerprint density at radius 2 is 1.06 bits per heavy atom. The summed E-state index contributed by atoms with van der Waals surface area (Å²) in [6.45, 7) is 12.1. The highest BCUT2D eigenvalue weighted by atomic mass is 15.1. The van der Waals surface area contributed by atoms with E-state index in [1.54, 1.807) is 0 Å². The lowest BCUT2D eigenvalue weighted by molar-refractivity contribution is 0.264. The first-order chi connectivity index (χ1) is 24.2. The zero-order chi connectivity index (χ0) is 33.9. The average Bonchev–Trinajstić information content (AvgIpc) is 3.69. The van der Waals surface area contributed by atoms with E-state index < -0.39 is 0 Å². The Kier molecular flexibility index (Phi) is 5.93. The van der Waals surface area contributed by atoms with Gasteiger partial charge in [-0.25, -0.2) is 9.97 Å². The van der Waals surface area contributed by atoms with Crippen molar-refractivity contribution in [1.82, 2.24) is 19.1 Å². The number of aromatic nitrogens is 4. The molecule has 1 atom stereocenters. The van der Waals surface area contributed by atoms with Crippen molar-refractivity contribution in [2.45, 2.75) is 45.4 Å². The standard InChI is InChI=1S/C46H38N4/c1-28-45(2,3)36-24-23-30(25-37(36)46(28,4)5)49-39-21-13-10-17-31(39)34-26-35-32-18-11-14-22-40(32)50(42(35)27-41(34)49)44-33-19-9-12-20-38(33)47-43(48-44)29-15-7-6-8-16-29/h6-28H,1-5H3. The normalized spacial score (nSPS) is 16.6. The van der Waals surface area contributed by atoms with Crippen molar-refractivity contribution in [1.29, 1.82) is 0 Å². The molecule has 1 aliphatic rings. The van der Waals surface area contributed by atoms with E-state index in [4.69, 9.17) is 9.97 Å². The van der Waals surface area contributed by atoms with Gasteiger partial charge >= 0.3 is 0 Å². The maximum Gasteiger partial charge on any atom is 0.162 e. The van der Waals surface area contributed by atoms with E-state index in [1.807, 2.05) is 18.2 Å².